The Morgan fingerprint density at radius 1 is 1.16 bits per heavy atom. The Labute approximate surface area is 234 Å². The predicted octanol–water partition coefficient (Wildman–Crippen LogP) is 4.99. The second-order valence-electron chi connectivity index (χ2n) is 10.5. The van der Waals surface area contributed by atoms with E-state index in [2.05, 4.69) is 33.1 Å². The van der Waals surface area contributed by atoms with Crippen LogP contribution < -0.4 is 21.7 Å². The molecule has 1 saturated heterocycles. The molecule has 2 heterocycles. The van der Waals surface area contributed by atoms with Crippen molar-refractivity contribution in [2.24, 2.45) is 0 Å². The molecule has 4 rings (SSSR count). The molecular weight excluding hydrogens is 523 g/mol. The lowest BCUT2D eigenvalue weighted by molar-refractivity contribution is -0.183. The van der Waals surface area contributed by atoms with Gasteiger partial charge in [0.25, 0.3) is 0 Å². The van der Waals surface area contributed by atoms with Gasteiger partial charge in [-0.3, -0.25) is 0 Å². The molecule has 0 amide bonds. The molecule has 1 fully saturated rings. The van der Waals surface area contributed by atoms with Crippen molar-refractivity contribution in [3.63, 3.8) is 0 Å². The van der Waals surface area contributed by atoms with Crippen LogP contribution in [0.2, 0.25) is 10.0 Å². The molecule has 8 nitrogen and oxygen atoms in total. The number of halogens is 2. The molecule has 0 saturated carbocycles. The van der Waals surface area contributed by atoms with E-state index in [1.54, 1.807) is 24.4 Å². The van der Waals surface area contributed by atoms with Gasteiger partial charge in [0.1, 0.15) is 0 Å². The average Bonchev–Trinajstić information content (AvgIpc) is 2.87. The fourth-order valence-corrected chi connectivity index (χ4v) is 4.97. The third-order valence-corrected chi connectivity index (χ3v) is 7.08. The monoisotopic (exact) mass is 558 g/mol. The van der Waals surface area contributed by atoms with E-state index in [0.29, 0.717) is 40.5 Å². The van der Waals surface area contributed by atoms with Crippen molar-refractivity contribution in [2.75, 3.05) is 17.6 Å². The SMILES string of the molecule is CC(C)(C)OC(O)[C@H]1CC(NCc2cccc(-c3cnc(N)c(NCc4c(Cl)cccc4Cl)n3)c2)CCN1. The maximum atomic E-state index is 10.5. The molecule has 2 aromatic carbocycles. The third kappa shape index (κ3) is 7.79. The second kappa shape index (κ2) is 12.6. The number of aliphatic hydroxyl groups excluding tert-OH is 1. The molecule has 1 aliphatic rings. The van der Waals surface area contributed by atoms with Gasteiger partial charge >= 0.3 is 0 Å². The molecule has 38 heavy (non-hydrogen) atoms. The Bertz CT molecular complexity index is 1220. The molecule has 1 aliphatic heterocycles. The number of nitrogens with zero attached hydrogens (tertiary/aromatic N) is 2. The zero-order chi connectivity index (χ0) is 27.3. The zero-order valence-electron chi connectivity index (χ0n) is 22.0. The first kappa shape index (κ1) is 28.5. The lowest BCUT2D eigenvalue weighted by atomic mass is 9.98. The molecule has 3 atom stereocenters. The fourth-order valence-electron chi connectivity index (χ4n) is 4.44. The maximum absolute atomic E-state index is 10.5. The number of ether oxygens (including phenoxy) is 1. The molecule has 0 aliphatic carbocycles. The van der Waals surface area contributed by atoms with Gasteiger partial charge in [0.05, 0.1) is 23.5 Å². The van der Waals surface area contributed by atoms with Crippen LogP contribution in [0.1, 0.15) is 44.7 Å². The van der Waals surface area contributed by atoms with Gasteiger partial charge in [-0.1, -0.05) is 47.5 Å². The number of aromatic nitrogens is 2. The van der Waals surface area contributed by atoms with Crippen molar-refractivity contribution in [2.45, 2.75) is 70.7 Å². The van der Waals surface area contributed by atoms with Crippen LogP contribution >= 0.6 is 23.2 Å². The van der Waals surface area contributed by atoms with Crippen LogP contribution in [-0.2, 0) is 17.8 Å². The summed E-state index contributed by atoms with van der Waals surface area (Å²) < 4.78 is 5.75. The molecular formula is C28H36Cl2N6O2. The van der Waals surface area contributed by atoms with E-state index in [1.165, 1.54) is 0 Å². The van der Waals surface area contributed by atoms with E-state index in [1.807, 2.05) is 32.9 Å². The minimum atomic E-state index is -0.844. The Balaban J connectivity index is 1.39. The van der Waals surface area contributed by atoms with Crippen molar-refractivity contribution >= 4 is 34.8 Å². The summed E-state index contributed by atoms with van der Waals surface area (Å²) in [4.78, 5) is 9.05. The highest BCUT2D eigenvalue weighted by molar-refractivity contribution is 6.36. The van der Waals surface area contributed by atoms with Crippen molar-refractivity contribution < 1.29 is 9.84 Å². The van der Waals surface area contributed by atoms with Crippen molar-refractivity contribution in [3.8, 4) is 11.3 Å². The summed E-state index contributed by atoms with van der Waals surface area (Å²) in [6, 6.07) is 13.7. The van der Waals surface area contributed by atoms with E-state index in [4.69, 9.17) is 38.7 Å². The minimum absolute atomic E-state index is 0.108. The fraction of sp³-hybridized carbons (Fsp3) is 0.429. The Hall–Kier alpha value is -2.46. The zero-order valence-corrected chi connectivity index (χ0v) is 23.5. The summed E-state index contributed by atoms with van der Waals surface area (Å²) in [5.74, 6) is 0.770. The van der Waals surface area contributed by atoms with Gasteiger partial charge in [-0.2, -0.15) is 0 Å². The maximum Gasteiger partial charge on any atom is 0.170 e. The first-order chi connectivity index (χ1) is 18.1. The Morgan fingerprint density at radius 3 is 2.63 bits per heavy atom. The second-order valence-corrected chi connectivity index (χ2v) is 11.3. The highest BCUT2D eigenvalue weighted by atomic mass is 35.5. The van der Waals surface area contributed by atoms with Gasteiger partial charge in [0.2, 0.25) is 0 Å². The van der Waals surface area contributed by atoms with Gasteiger partial charge in [-0.05, 0) is 63.9 Å². The van der Waals surface area contributed by atoms with Crippen LogP contribution in [0.5, 0.6) is 0 Å². The minimum Gasteiger partial charge on any atom is -0.381 e. The van der Waals surface area contributed by atoms with Crippen molar-refractivity contribution in [3.05, 3.63) is 69.8 Å². The number of nitrogens with one attached hydrogen (secondary N) is 3. The van der Waals surface area contributed by atoms with Crippen LogP contribution in [-0.4, -0.2) is 45.6 Å². The number of hydrogen-bond donors (Lipinski definition) is 5. The quantitative estimate of drug-likeness (QED) is 0.233. The van der Waals surface area contributed by atoms with E-state index in [0.717, 1.165) is 36.1 Å². The van der Waals surface area contributed by atoms with E-state index in [-0.39, 0.29) is 12.1 Å². The van der Waals surface area contributed by atoms with Gasteiger partial charge in [0.15, 0.2) is 17.9 Å². The number of nitrogen functional groups attached to an aromatic ring is 1. The molecule has 204 valence electrons. The topological polar surface area (TPSA) is 117 Å². The average molecular weight is 560 g/mol. The Morgan fingerprint density at radius 2 is 1.89 bits per heavy atom. The molecule has 0 spiro atoms. The van der Waals surface area contributed by atoms with Gasteiger partial charge in [-0.15, -0.1) is 0 Å². The normalized spacial score (nSPS) is 18.8. The number of rotatable bonds is 9. The first-order valence-electron chi connectivity index (χ1n) is 12.8. The molecule has 6 N–H and O–H groups in total. The van der Waals surface area contributed by atoms with Crippen LogP contribution in [0.4, 0.5) is 11.6 Å². The summed E-state index contributed by atoms with van der Waals surface area (Å²) in [6.45, 7) is 7.73. The summed E-state index contributed by atoms with van der Waals surface area (Å²) in [6.07, 6.45) is 2.59. The van der Waals surface area contributed by atoms with Gasteiger partial charge in [-0.25, -0.2) is 9.97 Å². The smallest absolute Gasteiger partial charge is 0.170 e. The van der Waals surface area contributed by atoms with Crippen molar-refractivity contribution in [1.29, 1.82) is 0 Å². The van der Waals surface area contributed by atoms with E-state index in [9.17, 15) is 5.11 Å². The summed E-state index contributed by atoms with van der Waals surface area (Å²) in [5.41, 5.74) is 9.23. The number of nitrogens with two attached hydrogens (primary N) is 1. The Kier molecular flexibility index (Phi) is 9.46. The van der Waals surface area contributed by atoms with Crippen LogP contribution in [0.25, 0.3) is 11.3 Å². The molecule has 3 aromatic rings. The highest BCUT2D eigenvalue weighted by Gasteiger charge is 2.30. The highest BCUT2D eigenvalue weighted by Crippen LogP contribution is 2.27. The molecule has 0 bridgehead atoms. The van der Waals surface area contributed by atoms with Gasteiger partial charge in [0, 0.05) is 40.3 Å². The lowest BCUT2D eigenvalue weighted by Crippen LogP contribution is -2.52. The standard InChI is InChI=1S/C28H36Cl2N6O2/c1-28(2,3)38-27(37)23-13-19(10-11-32-23)33-14-17-6-4-7-18(12-17)24-16-34-25(31)26(36-24)35-15-20-21(29)8-5-9-22(20)30/h4-9,12,16,19,23,27,32-33,37H,10-11,13-15H2,1-3H3,(H2,31,34)(H,35,36)/t19?,23-,27?/m1/s1. The summed E-state index contributed by atoms with van der Waals surface area (Å²) in [7, 11) is 0. The number of benzene rings is 2. The summed E-state index contributed by atoms with van der Waals surface area (Å²) >= 11 is 12.6. The van der Waals surface area contributed by atoms with Crippen molar-refractivity contribution in [1.82, 2.24) is 20.6 Å². The largest absolute Gasteiger partial charge is 0.381 e. The third-order valence-electron chi connectivity index (χ3n) is 6.37. The first-order valence-corrected chi connectivity index (χ1v) is 13.6. The van der Waals surface area contributed by atoms with Crippen LogP contribution in [0.15, 0.2) is 48.7 Å². The summed E-state index contributed by atoms with van der Waals surface area (Å²) in [5, 5.41) is 21.9. The number of anilines is 2. The molecule has 0 radical (unpaired) electrons. The lowest BCUT2D eigenvalue weighted by Gasteiger charge is -2.36. The van der Waals surface area contributed by atoms with E-state index >= 15 is 0 Å². The predicted molar refractivity (Wildman–Crippen MR) is 154 cm³/mol. The molecule has 10 heteroatoms. The number of aliphatic hydroxyl groups is 1. The van der Waals surface area contributed by atoms with E-state index < -0.39 is 11.9 Å². The number of piperidine rings is 1. The van der Waals surface area contributed by atoms with Crippen LogP contribution in [0.3, 0.4) is 0 Å². The molecule has 2 unspecified atom stereocenters. The number of hydrogen-bond acceptors (Lipinski definition) is 8. The van der Waals surface area contributed by atoms with Crippen LogP contribution in [0, 0.1) is 0 Å². The molecule has 1 aromatic heterocycles. The van der Waals surface area contributed by atoms with Gasteiger partial charge < -0.3 is 31.5 Å².